The van der Waals surface area contributed by atoms with Crippen molar-refractivity contribution in [2.75, 3.05) is 19.0 Å². The predicted octanol–water partition coefficient (Wildman–Crippen LogP) is 4.77. The highest BCUT2D eigenvalue weighted by Gasteiger charge is 2.39. The molecule has 0 heterocycles. The average molecular weight is 333 g/mol. The van der Waals surface area contributed by atoms with Crippen LogP contribution in [0, 0.1) is 13.8 Å². The highest BCUT2D eigenvalue weighted by molar-refractivity contribution is 5.97. The third kappa shape index (κ3) is 4.29. The summed E-state index contributed by atoms with van der Waals surface area (Å²) in [5.74, 6) is 0.906. The van der Waals surface area contributed by atoms with Crippen molar-refractivity contribution in [3.8, 4) is 5.75 Å². The number of carbonyl (C=O) groups is 1. The van der Waals surface area contributed by atoms with Crippen molar-refractivity contribution in [2.24, 2.45) is 0 Å². The zero-order valence-electron chi connectivity index (χ0n) is 15.5. The molecule has 0 unspecified atom stereocenters. The second kappa shape index (κ2) is 8.52. The highest BCUT2D eigenvalue weighted by atomic mass is 16.5. The number of nitrogens with one attached hydrogen (secondary N) is 1. The zero-order chi connectivity index (χ0) is 17.6. The molecule has 4 heteroatoms. The molecule has 1 aromatic rings. The maximum Gasteiger partial charge on any atom is 0.256 e. The van der Waals surface area contributed by atoms with E-state index < -0.39 is 5.60 Å². The number of ether oxygens (including phenoxy) is 2. The molecule has 1 amide bonds. The van der Waals surface area contributed by atoms with Crippen LogP contribution in [0.3, 0.4) is 0 Å². The Morgan fingerprint density at radius 1 is 1.17 bits per heavy atom. The Morgan fingerprint density at radius 3 is 2.33 bits per heavy atom. The number of unbranched alkanes of at least 4 members (excludes halogenated alkanes) is 1. The number of carbonyl (C=O) groups excluding carboxylic acids is 1. The van der Waals surface area contributed by atoms with Crippen LogP contribution in [-0.2, 0) is 9.53 Å². The minimum absolute atomic E-state index is 0.0249. The van der Waals surface area contributed by atoms with Crippen LogP contribution in [0.1, 0.15) is 63.0 Å². The molecule has 4 nitrogen and oxygen atoms in total. The van der Waals surface area contributed by atoms with Gasteiger partial charge in [0.15, 0.2) is 0 Å². The van der Waals surface area contributed by atoms with Crippen molar-refractivity contribution in [1.82, 2.24) is 0 Å². The highest BCUT2D eigenvalue weighted by Crippen LogP contribution is 2.33. The molecule has 0 saturated heterocycles. The van der Waals surface area contributed by atoms with Crippen molar-refractivity contribution in [3.63, 3.8) is 0 Å². The molecular formula is C20H31NO3. The second-order valence-electron chi connectivity index (χ2n) is 6.85. The molecular weight excluding hydrogens is 302 g/mol. The monoisotopic (exact) mass is 333 g/mol. The zero-order valence-corrected chi connectivity index (χ0v) is 15.5. The Balaban J connectivity index is 2.10. The van der Waals surface area contributed by atoms with Gasteiger partial charge in [0.05, 0.1) is 6.61 Å². The first kappa shape index (κ1) is 18.8. The third-order valence-corrected chi connectivity index (χ3v) is 4.93. The minimum atomic E-state index is -0.670. The lowest BCUT2D eigenvalue weighted by Crippen LogP contribution is -2.46. The molecule has 0 aliphatic heterocycles. The summed E-state index contributed by atoms with van der Waals surface area (Å²) in [6.07, 6.45) is 7.03. The molecule has 1 N–H and O–H groups in total. The smallest absolute Gasteiger partial charge is 0.256 e. The lowest BCUT2D eigenvalue weighted by Gasteiger charge is -2.34. The van der Waals surface area contributed by atoms with Crippen LogP contribution in [0.4, 0.5) is 5.69 Å². The summed E-state index contributed by atoms with van der Waals surface area (Å²) in [5, 5.41) is 3.06. The summed E-state index contributed by atoms with van der Waals surface area (Å²) in [7, 11) is 1.64. The Hall–Kier alpha value is -1.55. The molecule has 0 atom stereocenters. The number of benzene rings is 1. The van der Waals surface area contributed by atoms with Gasteiger partial charge < -0.3 is 14.8 Å². The maximum atomic E-state index is 12.8. The van der Waals surface area contributed by atoms with E-state index in [1.54, 1.807) is 7.11 Å². The molecule has 1 saturated carbocycles. The van der Waals surface area contributed by atoms with Crippen molar-refractivity contribution in [1.29, 1.82) is 0 Å². The van der Waals surface area contributed by atoms with E-state index >= 15 is 0 Å². The van der Waals surface area contributed by atoms with Crippen LogP contribution in [0.2, 0.25) is 0 Å². The number of aryl methyl sites for hydroxylation is 2. The first-order valence-electron chi connectivity index (χ1n) is 9.13. The molecule has 0 radical (unpaired) electrons. The largest absolute Gasteiger partial charge is 0.493 e. The number of amides is 1. The van der Waals surface area contributed by atoms with Gasteiger partial charge in [-0.2, -0.15) is 0 Å². The Labute approximate surface area is 145 Å². The summed E-state index contributed by atoms with van der Waals surface area (Å²) in [6, 6.07) is 3.97. The van der Waals surface area contributed by atoms with Crippen molar-refractivity contribution in [3.05, 3.63) is 23.3 Å². The molecule has 24 heavy (non-hydrogen) atoms. The predicted molar refractivity (Wildman–Crippen MR) is 97.8 cm³/mol. The van der Waals surface area contributed by atoms with Gasteiger partial charge in [0.2, 0.25) is 0 Å². The lowest BCUT2D eigenvalue weighted by atomic mass is 9.84. The summed E-state index contributed by atoms with van der Waals surface area (Å²) in [4.78, 5) is 12.8. The number of hydrogen-bond donors (Lipinski definition) is 1. The first-order valence-corrected chi connectivity index (χ1v) is 9.13. The van der Waals surface area contributed by atoms with Crippen LogP contribution in [0.5, 0.6) is 5.75 Å². The third-order valence-electron chi connectivity index (χ3n) is 4.93. The molecule has 1 aliphatic rings. The van der Waals surface area contributed by atoms with Crippen LogP contribution in [-0.4, -0.2) is 25.2 Å². The fourth-order valence-corrected chi connectivity index (χ4v) is 3.46. The summed E-state index contributed by atoms with van der Waals surface area (Å²) < 4.78 is 11.5. The SMILES string of the molecule is CCCCOc1c(C)cc(NC(=O)C2(OC)CCCCC2)cc1C. The lowest BCUT2D eigenvalue weighted by molar-refractivity contribution is -0.141. The standard InChI is InChI=1S/C20H31NO3/c1-5-6-12-24-18-15(2)13-17(14-16(18)3)21-19(22)20(23-4)10-8-7-9-11-20/h13-14H,5-12H2,1-4H3,(H,21,22). The van der Waals surface area contributed by atoms with E-state index in [-0.39, 0.29) is 5.91 Å². The van der Waals surface area contributed by atoms with E-state index in [1.807, 2.05) is 26.0 Å². The Bertz CT molecular complexity index is 539. The Morgan fingerprint density at radius 2 is 1.79 bits per heavy atom. The normalized spacial score (nSPS) is 16.7. The van der Waals surface area contributed by atoms with Gasteiger partial charge in [0.1, 0.15) is 11.4 Å². The minimum Gasteiger partial charge on any atom is -0.493 e. The van der Waals surface area contributed by atoms with Gasteiger partial charge in [-0.3, -0.25) is 4.79 Å². The quantitative estimate of drug-likeness (QED) is 0.731. The van der Waals surface area contributed by atoms with E-state index in [1.165, 1.54) is 6.42 Å². The van der Waals surface area contributed by atoms with Crippen molar-refractivity contribution >= 4 is 11.6 Å². The van der Waals surface area contributed by atoms with Gasteiger partial charge in [-0.1, -0.05) is 32.6 Å². The van der Waals surface area contributed by atoms with Gasteiger partial charge in [0.25, 0.3) is 5.91 Å². The summed E-state index contributed by atoms with van der Waals surface area (Å²) >= 11 is 0. The number of rotatable bonds is 7. The van der Waals surface area contributed by atoms with Gasteiger partial charge >= 0.3 is 0 Å². The van der Waals surface area contributed by atoms with Gasteiger partial charge in [-0.15, -0.1) is 0 Å². The maximum absolute atomic E-state index is 12.8. The van der Waals surface area contributed by atoms with Crippen LogP contribution >= 0.6 is 0 Å². The first-order chi connectivity index (χ1) is 11.5. The summed E-state index contributed by atoms with van der Waals surface area (Å²) in [5.41, 5.74) is 2.25. The molecule has 134 valence electrons. The molecule has 1 aromatic carbocycles. The van der Waals surface area contributed by atoms with Gasteiger partial charge in [0, 0.05) is 12.8 Å². The van der Waals surface area contributed by atoms with E-state index in [4.69, 9.17) is 9.47 Å². The fraction of sp³-hybridized carbons (Fsp3) is 0.650. The van der Waals surface area contributed by atoms with E-state index in [9.17, 15) is 4.79 Å². The number of anilines is 1. The van der Waals surface area contributed by atoms with Crippen molar-refractivity contribution in [2.45, 2.75) is 71.3 Å². The van der Waals surface area contributed by atoms with E-state index in [2.05, 4.69) is 12.2 Å². The van der Waals surface area contributed by atoms with E-state index in [0.29, 0.717) is 0 Å². The molecule has 0 bridgehead atoms. The van der Waals surface area contributed by atoms with Crippen LogP contribution in [0.25, 0.3) is 0 Å². The average Bonchev–Trinajstić information content (AvgIpc) is 2.58. The second-order valence-corrected chi connectivity index (χ2v) is 6.85. The van der Waals surface area contributed by atoms with Gasteiger partial charge in [-0.25, -0.2) is 0 Å². The Kier molecular flexibility index (Phi) is 6.67. The molecule has 2 rings (SSSR count). The number of hydrogen-bond acceptors (Lipinski definition) is 3. The van der Waals surface area contributed by atoms with Gasteiger partial charge in [-0.05, 0) is 56.4 Å². The topological polar surface area (TPSA) is 47.6 Å². The molecule has 1 fully saturated rings. The van der Waals surface area contributed by atoms with Crippen LogP contribution < -0.4 is 10.1 Å². The van der Waals surface area contributed by atoms with E-state index in [0.717, 1.165) is 67.7 Å². The molecule has 0 spiro atoms. The van der Waals surface area contributed by atoms with Crippen LogP contribution in [0.15, 0.2) is 12.1 Å². The molecule has 0 aromatic heterocycles. The number of methoxy groups -OCH3 is 1. The summed E-state index contributed by atoms with van der Waals surface area (Å²) in [6.45, 7) is 6.93. The molecule has 1 aliphatic carbocycles. The van der Waals surface area contributed by atoms with Crippen molar-refractivity contribution < 1.29 is 14.3 Å². The fourth-order valence-electron chi connectivity index (χ4n) is 3.46.